The van der Waals surface area contributed by atoms with Gasteiger partial charge in [-0.05, 0) is 23.8 Å². The van der Waals surface area contributed by atoms with Gasteiger partial charge in [0.05, 0.1) is 4.92 Å². The lowest BCUT2D eigenvalue weighted by molar-refractivity contribution is -0.384. The van der Waals surface area contributed by atoms with Crippen molar-refractivity contribution in [1.82, 2.24) is 0 Å². The van der Waals surface area contributed by atoms with Gasteiger partial charge in [0.25, 0.3) is 5.69 Å². The van der Waals surface area contributed by atoms with E-state index in [0.717, 1.165) is 16.2 Å². The van der Waals surface area contributed by atoms with Crippen LogP contribution in [0.4, 0.5) is 5.69 Å². The predicted molar refractivity (Wildman–Crippen MR) is 83.5 cm³/mol. The fourth-order valence-electron chi connectivity index (χ4n) is 1.80. The number of hydrogen-bond donors (Lipinski definition) is 1. The SMILES string of the molecule is CC(C)(C)C1=NC(N)SC(c2ccc([N+](=O)[O-])cc2)=C1. The van der Waals surface area contributed by atoms with Crippen LogP contribution in [-0.2, 0) is 0 Å². The molecule has 1 aromatic rings. The maximum absolute atomic E-state index is 10.7. The maximum Gasteiger partial charge on any atom is 0.269 e. The van der Waals surface area contributed by atoms with E-state index in [-0.39, 0.29) is 16.6 Å². The van der Waals surface area contributed by atoms with Gasteiger partial charge in [-0.25, -0.2) is 0 Å². The van der Waals surface area contributed by atoms with Crippen molar-refractivity contribution in [2.75, 3.05) is 0 Å². The maximum atomic E-state index is 10.7. The zero-order valence-corrected chi connectivity index (χ0v) is 12.5. The van der Waals surface area contributed by atoms with Gasteiger partial charge < -0.3 is 5.73 Å². The fourth-order valence-corrected chi connectivity index (χ4v) is 2.68. The minimum Gasteiger partial charge on any atom is -0.301 e. The standard InChI is InChI=1S/C14H17N3O2S/c1-14(2,3)12-8-11(20-13(15)16-12)9-4-6-10(7-5-9)17(18)19/h4-8,13H,15H2,1-3H3. The van der Waals surface area contributed by atoms with E-state index in [1.165, 1.54) is 23.9 Å². The molecule has 1 aliphatic rings. The zero-order valence-electron chi connectivity index (χ0n) is 11.7. The number of nitro groups is 1. The first-order valence-corrected chi connectivity index (χ1v) is 7.12. The number of non-ortho nitro benzene ring substituents is 1. The van der Waals surface area contributed by atoms with Crippen LogP contribution < -0.4 is 5.73 Å². The quantitative estimate of drug-likeness (QED) is 0.668. The molecule has 1 aliphatic heterocycles. The summed E-state index contributed by atoms with van der Waals surface area (Å²) in [6, 6.07) is 6.50. The summed E-state index contributed by atoms with van der Waals surface area (Å²) >= 11 is 1.46. The topological polar surface area (TPSA) is 81.5 Å². The number of nitrogens with two attached hydrogens (primary N) is 1. The normalized spacial score (nSPS) is 19.3. The summed E-state index contributed by atoms with van der Waals surface area (Å²) in [5, 5.41) is 10.7. The third-order valence-corrected chi connectivity index (χ3v) is 3.87. The van der Waals surface area contributed by atoms with Crippen LogP contribution in [0.5, 0.6) is 0 Å². The third-order valence-electron chi connectivity index (χ3n) is 2.91. The Morgan fingerprint density at radius 1 is 1.30 bits per heavy atom. The molecule has 0 fully saturated rings. The highest BCUT2D eigenvalue weighted by molar-refractivity contribution is 8.08. The summed E-state index contributed by atoms with van der Waals surface area (Å²) in [4.78, 5) is 15.7. The molecule has 1 aromatic carbocycles. The Kier molecular flexibility index (Phi) is 3.96. The highest BCUT2D eigenvalue weighted by Gasteiger charge is 2.23. The Labute approximate surface area is 122 Å². The van der Waals surface area contributed by atoms with E-state index < -0.39 is 4.92 Å². The number of aliphatic imine (C=N–C) groups is 1. The first kappa shape index (κ1) is 14.7. The van der Waals surface area contributed by atoms with Crippen LogP contribution in [0.15, 0.2) is 35.3 Å². The minimum absolute atomic E-state index is 0.0787. The average Bonchev–Trinajstić information content (AvgIpc) is 2.37. The van der Waals surface area contributed by atoms with Crippen LogP contribution in [0, 0.1) is 15.5 Å². The molecule has 1 atom stereocenters. The van der Waals surface area contributed by atoms with Crippen LogP contribution in [0.25, 0.3) is 4.91 Å². The Balaban J connectivity index is 2.35. The summed E-state index contributed by atoms with van der Waals surface area (Å²) in [7, 11) is 0. The van der Waals surface area contributed by atoms with Crippen molar-refractivity contribution in [2.45, 2.75) is 26.3 Å². The summed E-state index contributed by atoms with van der Waals surface area (Å²) in [6.07, 6.45) is 2.01. The van der Waals surface area contributed by atoms with Gasteiger partial charge in [0.15, 0.2) is 0 Å². The molecule has 0 aliphatic carbocycles. The number of thioether (sulfide) groups is 1. The Bertz CT molecular complexity index is 585. The Morgan fingerprint density at radius 2 is 1.90 bits per heavy atom. The highest BCUT2D eigenvalue weighted by Crippen LogP contribution is 2.36. The van der Waals surface area contributed by atoms with Crippen molar-refractivity contribution in [3.63, 3.8) is 0 Å². The van der Waals surface area contributed by atoms with Gasteiger partial charge in [-0.3, -0.25) is 15.1 Å². The number of hydrogen-bond acceptors (Lipinski definition) is 5. The van der Waals surface area contributed by atoms with Crippen molar-refractivity contribution in [3.8, 4) is 0 Å². The molecule has 106 valence electrons. The second-order valence-corrected chi connectivity index (χ2v) is 6.74. The zero-order chi connectivity index (χ0) is 14.9. The fraction of sp³-hybridized carbons (Fsp3) is 0.357. The van der Waals surface area contributed by atoms with Gasteiger partial charge in [0.1, 0.15) is 5.50 Å². The molecule has 1 heterocycles. The van der Waals surface area contributed by atoms with E-state index in [1.807, 2.05) is 6.08 Å². The van der Waals surface area contributed by atoms with Gasteiger partial charge in [-0.1, -0.05) is 32.5 Å². The lowest BCUT2D eigenvalue weighted by atomic mass is 9.89. The molecular weight excluding hydrogens is 274 g/mol. The average molecular weight is 291 g/mol. The first-order valence-electron chi connectivity index (χ1n) is 6.24. The van der Waals surface area contributed by atoms with Crippen LogP contribution in [0.3, 0.4) is 0 Å². The van der Waals surface area contributed by atoms with Crippen LogP contribution in [0.1, 0.15) is 26.3 Å². The summed E-state index contributed by atoms with van der Waals surface area (Å²) < 4.78 is 0. The van der Waals surface area contributed by atoms with Crippen molar-refractivity contribution < 1.29 is 4.92 Å². The molecule has 0 saturated carbocycles. The van der Waals surface area contributed by atoms with Gasteiger partial charge >= 0.3 is 0 Å². The molecule has 0 aromatic heterocycles. The predicted octanol–water partition coefficient (Wildman–Crippen LogP) is 3.41. The van der Waals surface area contributed by atoms with E-state index in [9.17, 15) is 10.1 Å². The lowest BCUT2D eigenvalue weighted by Crippen LogP contribution is -2.26. The smallest absolute Gasteiger partial charge is 0.269 e. The molecule has 0 spiro atoms. The highest BCUT2D eigenvalue weighted by atomic mass is 32.2. The number of benzene rings is 1. The second kappa shape index (κ2) is 5.38. The largest absolute Gasteiger partial charge is 0.301 e. The second-order valence-electron chi connectivity index (χ2n) is 5.59. The van der Waals surface area contributed by atoms with E-state index in [4.69, 9.17) is 5.73 Å². The van der Waals surface area contributed by atoms with Crippen LogP contribution in [0.2, 0.25) is 0 Å². The number of rotatable bonds is 2. The van der Waals surface area contributed by atoms with E-state index in [1.54, 1.807) is 12.1 Å². The molecule has 1 unspecified atom stereocenters. The van der Waals surface area contributed by atoms with Gasteiger partial charge in [-0.15, -0.1) is 0 Å². The number of nitrogens with zero attached hydrogens (tertiary/aromatic N) is 2. The molecule has 20 heavy (non-hydrogen) atoms. The molecule has 0 radical (unpaired) electrons. The third kappa shape index (κ3) is 3.26. The minimum atomic E-state index is -0.403. The van der Waals surface area contributed by atoms with Crippen LogP contribution in [-0.4, -0.2) is 16.1 Å². The Morgan fingerprint density at radius 3 is 2.40 bits per heavy atom. The van der Waals surface area contributed by atoms with Crippen molar-refractivity contribution in [1.29, 1.82) is 0 Å². The molecule has 0 amide bonds. The molecule has 6 heteroatoms. The monoisotopic (exact) mass is 291 g/mol. The lowest BCUT2D eigenvalue weighted by Gasteiger charge is -2.25. The molecule has 5 nitrogen and oxygen atoms in total. The molecule has 2 N–H and O–H groups in total. The van der Waals surface area contributed by atoms with E-state index >= 15 is 0 Å². The molecular formula is C14H17N3O2S. The van der Waals surface area contributed by atoms with E-state index in [0.29, 0.717) is 0 Å². The first-order chi connectivity index (χ1) is 9.27. The van der Waals surface area contributed by atoms with Gasteiger partial charge in [0.2, 0.25) is 0 Å². The molecule has 2 rings (SSSR count). The molecule has 0 bridgehead atoms. The summed E-state index contributed by atoms with van der Waals surface area (Å²) in [5.74, 6) is 0. The van der Waals surface area contributed by atoms with Crippen molar-refractivity contribution in [3.05, 3.63) is 46.0 Å². The number of allylic oxidation sites excluding steroid dienone is 1. The summed E-state index contributed by atoms with van der Waals surface area (Å²) in [6.45, 7) is 6.25. The van der Waals surface area contributed by atoms with E-state index in [2.05, 4.69) is 25.8 Å². The van der Waals surface area contributed by atoms with Gasteiger partial charge in [-0.2, -0.15) is 0 Å². The van der Waals surface area contributed by atoms with Crippen molar-refractivity contribution >= 4 is 28.1 Å². The van der Waals surface area contributed by atoms with Crippen LogP contribution >= 0.6 is 11.8 Å². The number of nitro benzene ring substituents is 1. The van der Waals surface area contributed by atoms with Crippen molar-refractivity contribution in [2.24, 2.45) is 16.1 Å². The molecule has 0 saturated heterocycles. The van der Waals surface area contributed by atoms with Gasteiger partial charge in [0, 0.05) is 28.2 Å². The summed E-state index contributed by atoms with van der Waals surface area (Å²) in [5.41, 5.74) is 7.49. The Hall–Kier alpha value is -1.66.